The minimum Gasteiger partial charge on any atom is -0.354 e. The second-order valence-corrected chi connectivity index (χ2v) is 4.66. The Hall–Kier alpha value is -1.27. The Labute approximate surface area is 121 Å². The van der Waals surface area contributed by atoms with Crippen LogP contribution in [0, 0.1) is 5.82 Å². The summed E-state index contributed by atoms with van der Waals surface area (Å²) in [6.07, 6.45) is 0.0739. The third kappa shape index (κ3) is 4.68. The van der Waals surface area contributed by atoms with E-state index in [-0.39, 0.29) is 18.2 Å². The number of halogens is 4. The maximum Gasteiger partial charge on any atom is 0.262 e. The average molecular weight is 309 g/mol. The molecule has 7 heteroatoms. The molecule has 2 N–H and O–H groups in total. The van der Waals surface area contributed by atoms with Crippen molar-refractivity contribution in [2.75, 3.05) is 13.1 Å². The van der Waals surface area contributed by atoms with Crippen LogP contribution in [-0.2, 0) is 11.2 Å². The lowest BCUT2D eigenvalue weighted by molar-refractivity contribution is -0.123. The van der Waals surface area contributed by atoms with Crippen LogP contribution in [0.25, 0.3) is 0 Å². The first-order chi connectivity index (χ1) is 8.96. The van der Waals surface area contributed by atoms with Gasteiger partial charge in [-0.2, -0.15) is 0 Å². The summed E-state index contributed by atoms with van der Waals surface area (Å²) in [6, 6.07) is 5.11. The van der Waals surface area contributed by atoms with Crippen LogP contribution in [0.2, 0.25) is 0 Å². The van der Waals surface area contributed by atoms with Crippen molar-refractivity contribution in [3.8, 4) is 0 Å². The van der Waals surface area contributed by atoms with Gasteiger partial charge in [0.1, 0.15) is 5.82 Å². The summed E-state index contributed by atoms with van der Waals surface area (Å²) in [5.74, 6) is -3.54. The van der Waals surface area contributed by atoms with Crippen LogP contribution in [0.5, 0.6) is 0 Å². The summed E-state index contributed by atoms with van der Waals surface area (Å²) in [7, 11) is 0. The van der Waals surface area contributed by atoms with E-state index in [0.29, 0.717) is 13.0 Å². The monoisotopic (exact) mass is 308 g/mol. The zero-order valence-electron chi connectivity index (χ0n) is 10.7. The van der Waals surface area contributed by atoms with Crippen molar-refractivity contribution < 1.29 is 18.0 Å². The SMILES string of the molecule is Cl.O=C(NCCc1ccc(F)cc1)C1CC(F)(F)CN1. The molecule has 112 valence electrons. The molecular weight excluding hydrogens is 293 g/mol. The van der Waals surface area contributed by atoms with Crippen LogP contribution in [0.15, 0.2) is 24.3 Å². The number of alkyl halides is 2. The Morgan fingerprint density at radius 3 is 2.55 bits per heavy atom. The molecular formula is C13H16ClF3N2O. The molecule has 1 unspecified atom stereocenters. The fourth-order valence-corrected chi connectivity index (χ4v) is 2.01. The molecule has 0 spiro atoms. The number of rotatable bonds is 4. The average Bonchev–Trinajstić information content (AvgIpc) is 2.72. The smallest absolute Gasteiger partial charge is 0.262 e. The van der Waals surface area contributed by atoms with Crippen LogP contribution in [0.1, 0.15) is 12.0 Å². The summed E-state index contributed by atoms with van der Waals surface area (Å²) < 4.78 is 38.5. The molecule has 1 amide bonds. The lowest BCUT2D eigenvalue weighted by Gasteiger charge is -2.11. The van der Waals surface area contributed by atoms with Crippen molar-refractivity contribution in [2.24, 2.45) is 0 Å². The van der Waals surface area contributed by atoms with Gasteiger partial charge >= 0.3 is 0 Å². The lowest BCUT2D eigenvalue weighted by Crippen LogP contribution is -2.41. The summed E-state index contributed by atoms with van der Waals surface area (Å²) in [4.78, 5) is 11.6. The lowest BCUT2D eigenvalue weighted by atomic mass is 10.1. The Morgan fingerprint density at radius 2 is 2.00 bits per heavy atom. The molecule has 0 aromatic heterocycles. The Balaban J connectivity index is 0.00000200. The van der Waals surface area contributed by atoms with Gasteiger partial charge in [-0.25, -0.2) is 13.2 Å². The van der Waals surface area contributed by atoms with Crippen molar-refractivity contribution in [3.63, 3.8) is 0 Å². The van der Waals surface area contributed by atoms with Gasteiger partial charge in [-0.3, -0.25) is 10.1 Å². The van der Waals surface area contributed by atoms with E-state index in [9.17, 15) is 18.0 Å². The van der Waals surface area contributed by atoms with Crippen molar-refractivity contribution in [1.82, 2.24) is 10.6 Å². The maximum atomic E-state index is 12.9. The first kappa shape index (κ1) is 16.8. The van der Waals surface area contributed by atoms with Crippen LogP contribution in [-0.4, -0.2) is 31.0 Å². The van der Waals surface area contributed by atoms with E-state index in [0.717, 1.165) is 5.56 Å². The highest BCUT2D eigenvalue weighted by Crippen LogP contribution is 2.24. The molecule has 0 aliphatic carbocycles. The minimum absolute atomic E-state index is 0. The molecule has 1 heterocycles. The summed E-state index contributed by atoms with van der Waals surface area (Å²) >= 11 is 0. The molecule has 2 rings (SSSR count). The van der Waals surface area contributed by atoms with Gasteiger partial charge < -0.3 is 5.32 Å². The van der Waals surface area contributed by atoms with E-state index in [4.69, 9.17) is 0 Å². The maximum absolute atomic E-state index is 12.9. The standard InChI is InChI=1S/C13H15F3N2O.ClH/c14-10-3-1-9(2-4-10)5-6-17-12(19)11-7-13(15,16)8-18-11;/h1-4,11,18H,5-8H2,(H,17,19);1H. The molecule has 1 aliphatic heterocycles. The predicted octanol–water partition coefficient (Wildman–Crippen LogP) is 1.90. The predicted molar refractivity (Wildman–Crippen MR) is 71.7 cm³/mol. The van der Waals surface area contributed by atoms with Crippen molar-refractivity contribution >= 4 is 18.3 Å². The summed E-state index contributed by atoms with van der Waals surface area (Å²) in [6.45, 7) is -0.114. The number of nitrogens with one attached hydrogen (secondary N) is 2. The van der Waals surface area contributed by atoms with Crippen LogP contribution < -0.4 is 10.6 Å². The van der Waals surface area contributed by atoms with E-state index in [1.807, 2.05) is 0 Å². The van der Waals surface area contributed by atoms with E-state index in [1.165, 1.54) is 12.1 Å². The van der Waals surface area contributed by atoms with Gasteiger partial charge in [-0.15, -0.1) is 12.4 Å². The van der Waals surface area contributed by atoms with Crippen LogP contribution in [0.3, 0.4) is 0 Å². The Bertz CT molecular complexity index is 453. The molecule has 1 aliphatic rings. The normalized spacial score (nSPS) is 20.2. The molecule has 0 radical (unpaired) electrons. The second-order valence-electron chi connectivity index (χ2n) is 4.66. The minimum atomic E-state index is -2.81. The zero-order chi connectivity index (χ0) is 13.9. The Morgan fingerprint density at radius 1 is 1.35 bits per heavy atom. The number of amides is 1. The molecule has 0 bridgehead atoms. The van der Waals surface area contributed by atoms with Gasteiger partial charge in [0.05, 0.1) is 12.6 Å². The topological polar surface area (TPSA) is 41.1 Å². The van der Waals surface area contributed by atoms with Gasteiger partial charge in [0.2, 0.25) is 5.91 Å². The van der Waals surface area contributed by atoms with Crippen molar-refractivity contribution in [3.05, 3.63) is 35.6 Å². The number of carbonyl (C=O) groups is 1. The first-order valence-corrected chi connectivity index (χ1v) is 6.10. The number of benzene rings is 1. The molecule has 20 heavy (non-hydrogen) atoms. The number of hydrogen-bond acceptors (Lipinski definition) is 2. The molecule has 0 saturated carbocycles. The zero-order valence-corrected chi connectivity index (χ0v) is 11.5. The van der Waals surface area contributed by atoms with E-state index in [1.54, 1.807) is 12.1 Å². The summed E-state index contributed by atoms with van der Waals surface area (Å²) in [5, 5.41) is 5.09. The molecule has 1 atom stereocenters. The fraction of sp³-hybridized carbons (Fsp3) is 0.462. The third-order valence-electron chi connectivity index (χ3n) is 3.05. The van der Waals surface area contributed by atoms with Gasteiger partial charge in [0.15, 0.2) is 0 Å². The number of hydrogen-bond donors (Lipinski definition) is 2. The van der Waals surface area contributed by atoms with Gasteiger partial charge in [-0.1, -0.05) is 12.1 Å². The van der Waals surface area contributed by atoms with Crippen LogP contribution >= 0.6 is 12.4 Å². The quantitative estimate of drug-likeness (QED) is 0.892. The summed E-state index contributed by atoms with van der Waals surface area (Å²) in [5.41, 5.74) is 0.881. The molecule has 1 aromatic carbocycles. The largest absolute Gasteiger partial charge is 0.354 e. The van der Waals surface area contributed by atoms with Crippen LogP contribution in [0.4, 0.5) is 13.2 Å². The second kappa shape index (κ2) is 6.95. The highest BCUT2D eigenvalue weighted by atomic mass is 35.5. The highest BCUT2D eigenvalue weighted by molar-refractivity contribution is 5.85. The van der Waals surface area contributed by atoms with Crippen molar-refractivity contribution in [2.45, 2.75) is 24.8 Å². The van der Waals surface area contributed by atoms with Crippen molar-refractivity contribution in [1.29, 1.82) is 0 Å². The van der Waals surface area contributed by atoms with Gasteiger partial charge in [0, 0.05) is 13.0 Å². The first-order valence-electron chi connectivity index (χ1n) is 6.10. The van der Waals surface area contributed by atoms with E-state index < -0.39 is 30.8 Å². The third-order valence-corrected chi connectivity index (χ3v) is 3.05. The number of carbonyl (C=O) groups excluding carboxylic acids is 1. The molecule has 3 nitrogen and oxygen atoms in total. The van der Waals surface area contributed by atoms with Gasteiger partial charge in [-0.05, 0) is 24.1 Å². The molecule has 1 aromatic rings. The van der Waals surface area contributed by atoms with E-state index in [2.05, 4.69) is 10.6 Å². The highest BCUT2D eigenvalue weighted by Gasteiger charge is 2.42. The fourth-order valence-electron chi connectivity index (χ4n) is 2.01. The molecule has 1 fully saturated rings. The Kier molecular flexibility index (Phi) is 5.83. The molecule has 1 saturated heterocycles. The van der Waals surface area contributed by atoms with Gasteiger partial charge in [0.25, 0.3) is 5.92 Å². The van der Waals surface area contributed by atoms with E-state index >= 15 is 0 Å².